The van der Waals surface area contributed by atoms with Crippen molar-refractivity contribution in [1.82, 2.24) is 0 Å². The highest BCUT2D eigenvalue weighted by molar-refractivity contribution is 5.85. The van der Waals surface area contributed by atoms with Crippen LogP contribution in [0.2, 0.25) is 0 Å². The molecular formula is C14H9+. The first kappa shape index (κ1) is 7.49. The third kappa shape index (κ3) is 0.985. The smallest absolute Gasteiger partial charge is 0.0615 e. The largest absolute Gasteiger partial charge is 0.155 e. The van der Waals surface area contributed by atoms with Crippen LogP contribution in [0, 0.1) is 0 Å². The van der Waals surface area contributed by atoms with Gasteiger partial charge >= 0.3 is 0 Å². The monoisotopic (exact) mass is 177 g/mol. The summed E-state index contributed by atoms with van der Waals surface area (Å²) in [6.07, 6.45) is 9.38. The fourth-order valence-corrected chi connectivity index (χ4v) is 1.88. The third-order valence-electron chi connectivity index (χ3n) is 2.57. The molecule has 0 fully saturated rings. The molecule has 0 radical (unpaired) electrons. The summed E-state index contributed by atoms with van der Waals surface area (Å²) in [5.41, 5.74) is 0. The standard InChI is InChI=1S/C14H9/c1-3-7-13-11(5-1)9-10-12-6-2-4-8-14(12)13/h1-5,7-10H/q+1. The van der Waals surface area contributed by atoms with Crippen molar-refractivity contribution in [3.8, 4) is 0 Å². The van der Waals surface area contributed by atoms with Crippen LogP contribution in [-0.2, 0) is 0 Å². The Balaban J connectivity index is 2.63. The van der Waals surface area contributed by atoms with E-state index in [1.807, 2.05) is 12.2 Å². The van der Waals surface area contributed by atoms with Gasteiger partial charge in [-0.1, -0.05) is 18.2 Å². The van der Waals surface area contributed by atoms with Gasteiger partial charge in [0.1, 0.15) is 0 Å². The van der Waals surface area contributed by atoms with E-state index in [4.69, 9.17) is 0 Å². The van der Waals surface area contributed by atoms with Gasteiger partial charge in [0.2, 0.25) is 0 Å². The van der Waals surface area contributed by atoms with Crippen LogP contribution >= 0.6 is 0 Å². The number of fused-ring (bicyclic) bond motifs is 3. The number of benzene rings is 2. The van der Waals surface area contributed by atoms with Crippen LogP contribution in [0.1, 0.15) is 0 Å². The molecule has 0 saturated heterocycles. The van der Waals surface area contributed by atoms with Crippen LogP contribution in [0.4, 0.5) is 0 Å². The van der Waals surface area contributed by atoms with Gasteiger partial charge in [0.25, 0.3) is 0 Å². The molecular weight excluding hydrogens is 168 g/mol. The lowest BCUT2D eigenvalue weighted by molar-refractivity contribution is 1.57. The van der Waals surface area contributed by atoms with Gasteiger partial charge in [-0.25, -0.2) is 0 Å². The molecule has 0 atom stereocenters. The number of allylic oxidation sites excluding steroid dienone is 2. The van der Waals surface area contributed by atoms with Crippen LogP contribution in [0.15, 0.2) is 48.6 Å². The predicted molar refractivity (Wildman–Crippen MR) is 60.2 cm³/mol. The zero-order valence-electron chi connectivity index (χ0n) is 7.70. The van der Waals surface area contributed by atoms with Crippen molar-refractivity contribution in [2.24, 2.45) is 0 Å². The summed E-state index contributed by atoms with van der Waals surface area (Å²) in [7, 11) is 0. The fourth-order valence-electron chi connectivity index (χ4n) is 1.88. The number of hydrogen-bond donors (Lipinski definition) is 0. The van der Waals surface area contributed by atoms with Crippen LogP contribution in [0.3, 0.4) is 0 Å². The Bertz CT molecular complexity index is 631. The van der Waals surface area contributed by atoms with Crippen molar-refractivity contribution in [3.05, 3.63) is 59.0 Å². The molecule has 0 bridgehead atoms. The summed E-state index contributed by atoms with van der Waals surface area (Å²) in [4.78, 5) is 0. The normalized spacial score (nSPS) is 12.6. The quantitative estimate of drug-likeness (QED) is 0.539. The molecule has 3 rings (SSSR count). The van der Waals surface area contributed by atoms with E-state index >= 15 is 0 Å². The molecule has 0 spiro atoms. The van der Waals surface area contributed by atoms with Crippen LogP contribution in [-0.4, -0.2) is 0 Å². The maximum atomic E-state index is 3.24. The third-order valence-corrected chi connectivity index (χ3v) is 2.57. The van der Waals surface area contributed by atoms with Crippen LogP contribution in [0.25, 0.3) is 22.9 Å². The molecule has 14 heavy (non-hydrogen) atoms. The maximum Gasteiger partial charge on any atom is 0.155 e. The van der Waals surface area contributed by atoms with E-state index < -0.39 is 0 Å². The molecule has 2 aromatic rings. The molecule has 0 N–H and O–H groups in total. The summed E-state index contributed by atoms with van der Waals surface area (Å²) in [5.74, 6) is 0. The average Bonchev–Trinajstić information content (AvgIpc) is 2.29. The summed E-state index contributed by atoms with van der Waals surface area (Å²) < 4.78 is 0. The molecule has 0 aromatic heterocycles. The molecule has 0 saturated carbocycles. The second-order valence-electron chi connectivity index (χ2n) is 3.42. The maximum absolute atomic E-state index is 3.24. The highest BCUT2D eigenvalue weighted by Crippen LogP contribution is 2.06. The molecule has 0 nitrogen and oxygen atoms in total. The van der Waals surface area contributed by atoms with Gasteiger partial charge in [0.15, 0.2) is 5.22 Å². The fraction of sp³-hybridized carbons (Fsp3) is 0. The van der Waals surface area contributed by atoms with E-state index in [-0.39, 0.29) is 0 Å². The zero-order valence-corrected chi connectivity index (χ0v) is 7.70. The number of hydrogen-bond acceptors (Lipinski definition) is 0. The Labute approximate surface area is 82.5 Å². The second-order valence-corrected chi connectivity index (χ2v) is 3.42. The summed E-state index contributed by atoms with van der Waals surface area (Å²) in [6.45, 7) is 0. The minimum atomic E-state index is 1.19. The molecule has 64 valence electrons. The van der Waals surface area contributed by atoms with E-state index in [9.17, 15) is 0 Å². The van der Waals surface area contributed by atoms with Crippen molar-refractivity contribution in [3.63, 3.8) is 0 Å². The van der Waals surface area contributed by atoms with E-state index in [1.54, 1.807) is 0 Å². The minimum absolute atomic E-state index is 1.19. The number of rotatable bonds is 0. The summed E-state index contributed by atoms with van der Waals surface area (Å²) in [6, 6.07) is 12.7. The molecule has 0 amide bonds. The Morgan fingerprint density at radius 1 is 0.929 bits per heavy atom. The highest BCUT2D eigenvalue weighted by atomic mass is 14.0. The molecule has 0 heteroatoms. The molecule has 0 unspecified atom stereocenters. The van der Waals surface area contributed by atoms with E-state index in [0.29, 0.717) is 0 Å². The topological polar surface area (TPSA) is 0 Å². The molecule has 2 aromatic carbocycles. The van der Waals surface area contributed by atoms with E-state index in [0.717, 1.165) is 0 Å². The predicted octanol–water partition coefficient (Wildman–Crippen LogP) is 1.85. The Morgan fingerprint density at radius 2 is 1.86 bits per heavy atom. The Morgan fingerprint density at radius 3 is 2.86 bits per heavy atom. The zero-order chi connectivity index (χ0) is 9.38. The lowest BCUT2D eigenvalue weighted by atomic mass is 10.0. The van der Waals surface area contributed by atoms with Gasteiger partial charge in [0, 0.05) is 35.1 Å². The Hall–Kier alpha value is -1.91. The van der Waals surface area contributed by atoms with E-state index in [2.05, 4.69) is 48.6 Å². The van der Waals surface area contributed by atoms with Gasteiger partial charge < -0.3 is 0 Å². The SMILES string of the molecule is [C+]1=c2ccc3ccccc3c2=CC=C1. The van der Waals surface area contributed by atoms with Gasteiger partial charge in [-0.15, -0.1) is 0 Å². The van der Waals surface area contributed by atoms with Crippen molar-refractivity contribution >= 4 is 22.9 Å². The van der Waals surface area contributed by atoms with Gasteiger partial charge in [-0.2, -0.15) is 0 Å². The average molecular weight is 177 g/mol. The van der Waals surface area contributed by atoms with Gasteiger partial charge in [-0.05, 0) is 12.1 Å². The summed E-state index contributed by atoms with van der Waals surface area (Å²) >= 11 is 0. The van der Waals surface area contributed by atoms with E-state index in [1.165, 1.54) is 21.2 Å². The lowest BCUT2D eigenvalue weighted by Gasteiger charge is -1.94. The molecule has 1 aliphatic carbocycles. The minimum Gasteiger partial charge on any atom is -0.0615 e. The first-order valence-electron chi connectivity index (χ1n) is 4.73. The molecule has 0 aliphatic heterocycles. The Kier molecular flexibility index (Phi) is 1.50. The van der Waals surface area contributed by atoms with Gasteiger partial charge in [0.05, 0.1) is 11.3 Å². The van der Waals surface area contributed by atoms with Crippen LogP contribution < -0.4 is 10.4 Å². The second kappa shape index (κ2) is 2.80. The lowest BCUT2D eigenvalue weighted by Crippen LogP contribution is -2.25. The first-order chi connectivity index (χ1) is 6.95. The molecule has 0 heterocycles. The van der Waals surface area contributed by atoms with Crippen molar-refractivity contribution < 1.29 is 0 Å². The van der Waals surface area contributed by atoms with Crippen molar-refractivity contribution in [2.75, 3.05) is 0 Å². The van der Waals surface area contributed by atoms with Crippen molar-refractivity contribution in [1.29, 1.82) is 0 Å². The molecule has 1 aliphatic rings. The van der Waals surface area contributed by atoms with Gasteiger partial charge in [-0.3, -0.25) is 0 Å². The summed E-state index contributed by atoms with van der Waals surface area (Å²) in [5, 5.41) is 5.07. The van der Waals surface area contributed by atoms with Crippen molar-refractivity contribution in [2.45, 2.75) is 0 Å². The highest BCUT2D eigenvalue weighted by Gasteiger charge is 2.02. The van der Waals surface area contributed by atoms with Crippen LogP contribution in [0.5, 0.6) is 0 Å². The first-order valence-corrected chi connectivity index (χ1v) is 4.73.